The molecule has 2 aromatic heterocycles. The molecule has 0 saturated heterocycles. The van der Waals surface area contributed by atoms with Crippen LogP contribution in [0, 0.1) is 29.0 Å². The lowest BCUT2D eigenvalue weighted by Crippen LogP contribution is -2.44. The Bertz CT molecular complexity index is 1440. The molecule has 3 aromatic rings. The molecule has 0 spiro atoms. The van der Waals surface area contributed by atoms with Gasteiger partial charge in [-0.25, -0.2) is 18.7 Å². The van der Waals surface area contributed by atoms with Gasteiger partial charge in [-0.05, 0) is 61.8 Å². The Morgan fingerprint density at radius 1 is 1.22 bits per heavy atom. The zero-order valence-corrected chi connectivity index (χ0v) is 21.0. The standard InChI is InChI=1S/C30H28F2N4O/c1-18(2)9-11-30-15-20(17-33)26(37)14-21(30)7-8-24-27(23-5-3-4-6-25(23)32)35-29(36-28(24)30)19-10-12-34-22(13-19)16-31/h3-6,10,12-13,15,18,21H,7-9,11,14,16H2,1-2H3/t21-,30-/m1/s1. The molecule has 2 heterocycles. The Kier molecular flexibility index (Phi) is 6.68. The average molecular weight is 499 g/mol. The molecule has 188 valence electrons. The average Bonchev–Trinajstić information content (AvgIpc) is 2.91. The van der Waals surface area contributed by atoms with Crippen LogP contribution in [-0.2, 0) is 23.3 Å². The van der Waals surface area contributed by atoms with E-state index in [4.69, 9.17) is 9.97 Å². The van der Waals surface area contributed by atoms with Crippen LogP contribution in [0.3, 0.4) is 0 Å². The number of hydrogen-bond donors (Lipinski definition) is 0. The molecule has 2 aliphatic rings. The smallest absolute Gasteiger partial charge is 0.173 e. The summed E-state index contributed by atoms with van der Waals surface area (Å²) >= 11 is 0. The van der Waals surface area contributed by atoms with Crippen molar-refractivity contribution in [2.45, 2.75) is 58.0 Å². The molecule has 2 aliphatic carbocycles. The van der Waals surface area contributed by atoms with Gasteiger partial charge in [0.05, 0.1) is 22.7 Å². The minimum Gasteiger partial charge on any atom is -0.293 e. The number of alkyl halides is 1. The first-order valence-corrected chi connectivity index (χ1v) is 12.7. The third kappa shape index (κ3) is 4.46. The van der Waals surface area contributed by atoms with Gasteiger partial charge in [0, 0.05) is 34.7 Å². The molecular weight excluding hydrogens is 470 g/mol. The molecule has 7 heteroatoms. The van der Waals surface area contributed by atoms with E-state index < -0.39 is 12.1 Å². The van der Waals surface area contributed by atoms with Gasteiger partial charge in [0.25, 0.3) is 0 Å². The fourth-order valence-corrected chi connectivity index (χ4v) is 5.73. The second kappa shape index (κ2) is 9.93. The van der Waals surface area contributed by atoms with Crippen molar-refractivity contribution < 1.29 is 13.6 Å². The largest absolute Gasteiger partial charge is 0.293 e. The van der Waals surface area contributed by atoms with Crippen LogP contribution in [0.25, 0.3) is 22.6 Å². The van der Waals surface area contributed by atoms with Gasteiger partial charge in [-0.2, -0.15) is 5.26 Å². The maximum Gasteiger partial charge on any atom is 0.173 e. The van der Waals surface area contributed by atoms with Gasteiger partial charge in [-0.3, -0.25) is 9.78 Å². The van der Waals surface area contributed by atoms with E-state index in [-0.39, 0.29) is 35.2 Å². The summed E-state index contributed by atoms with van der Waals surface area (Å²) < 4.78 is 28.6. The fraction of sp³-hybridized carbons (Fsp3) is 0.367. The van der Waals surface area contributed by atoms with Crippen LogP contribution in [0.15, 0.2) is 54.2 Å². The number of pyridine rings is 1. The highest BCUT2D eigenvalue weighted by molar-refractivity contribution is 6.00. The van der Waals surface area contributed by atoms with Gasteiger partial charge in [-0.1, -0.05) is 32.1 Å². The minimum atomic E-state index is -0.726. The molecule has 5 rings (SSSR count). The van der Waals surface area contributed by atoms with E-state index in [0.29, 0.717) is 41.4 Å². The number of halogens is 2. The van der Waals surface area contributed by atoms with Crippen LogP contribution in [0.4, 0.5) is 8.78 Å². The van der Waals surface area contributed by atoms with E-state index >= 15 is 4.39 Å². The van der Waals surface area contributed by atoms with Crippen molar-refractivity contribution in [1.29, 1.82) is 5.26 Å². The SMILES string of the molecule is CC(C)CC[C@@]12C=C(C#N)C(=O)C[C@H]1CCc1c(-c3ccccc3F)nc(-c3ccnc(CF)c3)nc12. The normalized spacial score (nSPS) is 20.7. The van der Waals surface area contributed by atoms with E-state index in [1.165, 1.54) is 12.3 Å². The van der Waals surface area contributed by atoms with Crippen molar-refractivity contribution >= 4 is 5.78 Å². The van der Waals surface area contributed by atoms with Crippen molar-refractivity contribution in [3.8, 4) is 28.7 Å². The third-order valence-electron chi connectivity index (χ3n) is 7.65. The molecule has 0 aliphatic heterocycles. The number of fused-ring (bicyclic) bond motifs is 3. The number of carbonyl (C=O) groups is 1. The zero-order chi connectivity index (χ0) is 26.2. The fourth-order valence-electron chi connectivity index (χ4n) is 5.73. The summed E-state index contributed by atoms with van der Waals surface area (Å²) in [5, 5.41) is 9.79. The molecule has 0 bridgehead atoms. The van der Waals surface area contributed by atoms with E-state index in [1.54, 1.807) is 30.3 Å². The second-order valence-corrected chi connectivity index (χ2v) is 10.4. The Labute approximate surface area is 215 Å². The van der Waals surface area contributed by atoms with Crippen LogP contribution in [0.1, 0.15) is 56.5 Å². The number of nitriles is 1. The molecular formula is C30H28F2N4O. The molecule has 2 atom stereocenters. The van der Waals surface area contributed by atoms with E-state index in [0.717, 1.165) is 24.1 Å². The lowest BCUT2D eigenvalue weighted by Gasteiger charge is -2.46. The maximum atomic E-state index is 15.1. The number of Topliss-reactive ketones (excluding diaryl/α,β-unsaturated/α-hetero) is 1. The molecule has 0 unspecified atom stereocenters. The molecule has 5 nitrogen and oxygen atoms in total. The highest BCUT2D eigenvalue weighted by Gasteiger charge is 2.49. The van der Waals surface area contributed by atoms with E-state index in [2.05, 4.69) is 24.9 Å². The lowest BCUT2D eigenvalue weighted by atomic mass is 9.58. The van der Waals surface area contributed by atoms with Gasteiger partial charge in [0.1, 0.15) is 18.6 Å². The van der Waals surface area contributed by atoms with Crippen molar-refractivity contribution in [1.82, 2.24) is 15.0 Å². The van der Waals surface area contributed by atoms with Gasteiger partial charge < -0.3 is 0 Å². The van der Waals surface area contributed by atoms with Crippen LogP contribution in [0.2, 0.25) is 0 Å². The summed E-state index contributed by atoms with van der Waals surface area (Å²) in [6, 6.07) is 11.9. The first-order chi connectivity index (χ1) is 17.9. The summed E-state index contributed by atoms with van der Waals surface area (Å²) in [5.41, 5.74) is 2.81. The number of rotatable bonds is 6. The van der Waals surface area contributed by atoms with Crippen molar-refractivity contribution in [2.24, 2.45) is 11.8 Å². The number of hydrogen-bond acceptors (Lipinski definition) is 5. The Morgan fingerprint density at radius 2 is 2.03 bits per heavy atom. The predicted molar refractivity (Wildman–Crippen MR) is 136 cm³/mol. The van der Waals surface area contributed by atoms with Crippen molar-refractivity contribution in [3.63, 3.8) is 0 Å². The van der Waals surface area contributed by atoms with Gasteiger partial charge in [-0.15, -0.1) is 0 Å². The summed E-state index contributed by atoms with van der Waals surface area (Å²) in [4.78, 5) is 26.7. The molecule has 0 N–H and O–H groups in total. The Balaban J connectivity index is 1.83. The number of aromatic nitrogens is 3. The van der Waals surface area contributed by atoms with Crippen LogP contribution < -0.4 is 0 Å². The van der Waals surface area contributed by atoms with Crippen LogP contribution in [-0.4, -0.2) is 20.7 Å². The highest BCUT2D eigenvalue weighted by atomic mass is 19.1. The lowest BCUT2D eigenvalue weighted by molar-refractivity contribution is -0.117. The molecule has 0 radical (unpaired) electrons. The van der Waals surface area contributed by atoms with E-state index in [9.17, 15) is 14.4 Å². The molecule has 0 saturated carbocycles. The number of allylic oxidation sites excluding steroid dienone is 2. The summed E-state index contributed by atoms with van der Waals surface area (Å²) in [6.45, 7) is 3.56. The van der Waals surface area contributed by atoms with Crippen molar-refractivity contribution in [2.75, 3.05) is 0 Å². The molecule has 1 aromatic carbocycles. The molecule has 0 fully saturated rings. The number of benzene rings is 1. The number of carbonyl (C=O) groups excluding carboxylic acids is 1. The summed E-state index contributed by atoms with van der Waals surface area (Å²) in [7, 11) is 0. The Hall–Kier alpha value is -3.79. The second-order valence-electron chi connectivity index (χ2n) is 10.4. The van der Waals surface area contributed by atoms with E-state index in [1.807, 2.05) is 6.08 Å². The minimum absolute atomic E-state index is 0.0154. The molecule has 37 heavy (non-hydrogen) atoms. The molecule has 0 amide bonds. The zero-order valence-electron chi connectivity index (χ0n) is 21.0. The third-order valence-corrected chi connectivity index (χ3v) is 7.65. The van der Waals surface area contributed by atoms with Crippen molar-refractivity contribution in [3.05, 3.63) is 77.0 Å². The Morgan fingerprint density at radius 3 is 2.76 bits per heavy atom. The number of nitrogens with zero attached hydrogens (tertiary/aromatic N) is 4. The number of ketones is 1. The van der Waals surface area contributed by atoms with Crippen LogP contribution >= 0.6 is 0 Å². The quantitative estimate of drug-likeness (QED) is 0.389. The topological polar surface area (TPSA) is 79.5 Å². The monoisotopic (exact) mass is 498 g/mol. The van der Waals surface area contributed by atoms with Gasteiger partial charge in [0.15, 0.2) is 11.6 Å². The van der Waals surface area contributed by atoms with Crippen LogP contribution in [0.5, 0.6) is 0 Å². The first kappa shape index (κ1) is 24.9. The predicted octanol–water partition coefficient (Wildman–Crippen LogP) is 6.47. The van der Waals surface area contributed by atoms with Gasteiger partial charge >= 0.3 is 0 Å². The van der Waals surface area contributed by atoms with Gasteiger partial charge in [0.2, 0.25) is 0 Å². The summed E-state index contributed by atoms with van der Waals surface area (Å²) in [6.07, 6.45) is 6.52. The summed E-state index contributed by atoms with van der Waals surface area (Å²) in [5.74, 6) is 0.206. The highest BCUT2D eigenvalue weighted by Crippen LogP contribution is 2.52. The first-order valence-electron chi connectivity index (χ1n) is 12.7. The maximum absolute atomic E-state index is 15.1.